The molecule has 0 saturated heterocycles. The SMILES string of the molecule is CCC(C)(C)N(C)C(C)O. The lowest BCUT2D eigenvalue weighted by Crippen LogP contribution is -2.45. The molecule has 2 heteroatoms. The molecule has 0 amide bonds. The van der Waals surface area contributed by atoms with Crippen molar-refractivity contribution in [2.75, 3.05) is 7.05 Å². The molecule has 0 aliphatic heterocycles. The van der Waals surface area contributed by atoms with Gasteiger partial charge in [-0.05, 0) is 34.2 Å². The Kier molecular flexibility index (Phi) is 3.33. The molecule has 10 heavy (non-hydrogen) atoms. The van der Waals surface area contributed by atoms with Crippen LogP contribution in [0.2, 0.25) is 0 Å². The molecule has 0 aliphatic rings. The van der Waals surface area contributed by atoms with Crippen LogP contribution in [0, 0.1) is 0 Å². The fraction of sp³-hybridized carbons (Fsp3) is 1.00. The van der Waals surface area contributed by atoms with Crippen LogP contribution < -0.4 is 0 Å². The molecular formula is C8H19NO. The van der Waals surface area contributed by atoms with Gasteiger partial charge in [-0.1, -0.05) is 6.92 Å². The van der Waals surface area contributed by atoms with Gasteiger partial charge in [0.1, 0.15) is 6.23 Å². The molecule has 0 radical (unpaired) electrons. The molecule has 0 aromatic heterocycles. The Balaban J connectivity index is 4.03. The highest BCUT2D eigenvalue weighted by atomic mass is 16.3. The molecule has 1 unspecified atom stereocenters. The van der Waals surface area contributed by atoms with Crippen molar-refractivity contribution < 1.29 is 5.11 Å². The second-order valence-electron chi connectivity index (χ2n) is 3.41. The van der Waals surface area contributed by atoms with Crippen molar-refractivity contribution in [3.8, 4) is 0 Å². The van der Waals surface area contributed by atoms with Crippen molar-refractivity contribution in [1.29, 1.82) is 0 Å². The summed E-state index contributed by atoms with van der Waals surface area (Å²) < 4.78 is 0. The number of nitrogens with zero attached hydrogens (tertiary/aromatic N) is 1. The zero-order valence-corrected chi connectivity index (χ0v) is 7.68. The lowest BCUT2D eigenvalue weighted by molar-refractivity contribution is -0.0265. The van der Waals surface area contributed by atoms with E-state index in [-0.39, 0.29) is 11.8 Å². The molecule has 0 aliphatic carbocycles. The van der Waals surface area contributed by atoms with Crippen molar-refractivity contribution in [3.05, 3.63) is 0 Å². The summed E-state index contributed by atoms with van der Waals surface area (Å²) in [6.07, 6.45) is 0.698. The molecule has 0 saturated carbocycles. The van der Waals surface area contributed by atoms with Gasteiger partial charge in [0.05, 0.1) is 0 Å². The van der Waals surface area contributed by atoms with Gasteiger partial charge in [-0.25, -0.2) is 0 Å². The van der Waals surface area contributed by atoms with Crippen LogP contribution in [0.5, 0.6) is 0 Å². The second kappa shape index (κ2) is 3.35. The number of aliphatic hydroxyl groups is 1. The Labute approximate surface area is 63.8 Å². The summed E-state index contributed by atoms with van der Waals surface area (Å²) in [7, 11) is 1.94. The number of aliphatic hydroxyl groups excluding tert-OH is 1. The highest BCUT2D eigenvalue weighted by molar-refractivity contribution is 4.77. The van der Waals surface area contributed by atoms with E-state index < -0.39 is 0 Å². The lowest BCUT2D eigenvalue weighted by atomic mass is 10.00. The Morgan fingerprint density at radius 3 is 2.00 bits per heavy atom. The zero-order valence-electron chi connectivity index (χ0n) is 7.68. The van der Waals surface area contributed by atoms with E-state index in [0.29, 0.717) is 0 Å². The minimum absolute atomic E-state index is 0.105. The average Bonchev–Trinajstić information content (AvgIpc) is 1.86. The van der Waals surface area contributed by atoms with E-state index in [2.05, 4.69) is 20.8 Å². The predicted molar refractivity (Wildman–Crippen MR) is 43.8 cm³/mol. The normalized spacial score (nSPS) is 15.9. The standard InChI is InChI=1S/C8H19NO/c1-6-8(3,4)9(5)7(2)10/h7,10H,6H2,1-5H3. The van der Waals surface area contributed by atoms with E-state index >= 15 is 0 Å². The first-order chi connectivity index (χ1) is 4.41. The highest BCUT2D eigenvalue weighted by Crippen LogP contribution is 2.17. The van der Waals surface area contributed by atoms with Gasteiger partial charge in [0.25, 0.3) is 0 Å². The summed E-state index contributed by atoms with van der Waals surface area (Å²) in [5, 5.41) is 9.21. The fourth-order valence-corrected chi connectivity index (χ4v) is 0.755. The average molecular weight is 145 g/mol. The van der Waals surface area contributed by atoms with Crippen LogP contribution in [-0.4, -0.2) is 28.8 Å². The topological polar surface area (TPSA) is 23.5 Å². The van der Waals surface area contributed by atoms with Crippen LogP contribution in [-0.2, 0) is 0 Å². The largest absolute Gasteiger partial charge is 0.379 e. The van der Waals surface area contributed by atoms with Gasteiger partial charge >= 0.3 is 0 Å². The molecule has 1 N–H and O–H groups in total. The van der Waals surface area contributed by atoms with Crippen molar-refractivity contribution in [2.24, 2.45) is 0 Å². The third-order valence-corrected chi connectivity index (χ3v) is 2.38. The predicted octanol–water partition coefficient (Wildman–Crippen LogP) is 1.45. The Morgan fingerprint density at radius 2 is 1.90 bits per heavy atom. The third kappa shape index (κ3) is 2.27. The van der Waals surface area contributed by atoms with Crippen molar-refractivity contribution in [3.63, 3.8) is 0 Å². The van der Waals surface area contributed by atoms with Crippen LogP contribution in [0.4, 0.5) is 0 Å². The summed E-state index contributed by atoms with van der Waals surface area (Å²) in [4.78, 5) is 1.97. The van der Waals surface area contributed by atoms with Crippen LogP contribution >= 0.6 is 0 Å². The lowest BCUT2D eigenvalue weighted by Gasteiger charge is -2.36. The Bertz CT molecular complexity index is 99.4. The maximum Gasteiger partial charge on any atom is 0.104 e. The maximum atomic E-state index is 9.21. The fourth-order valence-electron chi connectivity index (χ4n) is 0.755. The molecule has 0 aromatic carbocycles. The molecule has 0 fully saturated rings. The summed E-state index contributed by atoms with van der Waals surface area (Å²) in [6, 6.07) is 0. The summed E-state index contributed by atoms with van der Waals surface area (Å²) in [5.74, 6) is 0. The van der Waals surface area contributed by atoms with Gasteiger partial charge in [0, 0.05) is 5.54 Å². The van der Waals surface area contributed by atoms with E-state index in [1.807, 2.05) is 11.9 Å². The molecule has 0 heterocycles. The first kappa shape index (κ1) is 9.92. The van der Waals surface area contributed by atoms with E-state index in [9.17, 15) is 5.11 Å². The van der Waals surface area contributed by atoms with Crippen LogP contribution in [0.15, 0.2) is 0 Å². The van der Waals surface area contributed by atoms with Gasteiger partial charge in [-0.2, -0.15) is 0 Å². The molecule has 2 nitrogen and oxygen atoms in total. The minimum atomic E-state index is -0.352. The summed E-state index contributed by atoms with van der Waals surface area (Å²) >= 11 is 0. The van der Waals surface area contributed by atoms with Crippen molar-refractivity contribution >= 4 is 0 Å². The highest BCUT2D eigenvalue weighted by Gasteiger charge is 2.23. The van der Waals surface area contributed by atoms with E-state index in [0.717, 1.165) is 6.42 Å². The smallest absolute Gasteiger partial charge is 0.104 e. The van der Waals surface area contributed by atoms with Crippen LogP contribution in [0.3, 0.4) is 0 Å². The minimum Gasteiger partial charge on any atom is -0.379 e. The van der Waals surface area contributed by atoms with Gasteiger partial charge in [-0.3, -0.25) is 4.90 Å². The van der Waals surface area contributed by atoms with Gasteiger partial charge in [0.15, 0.2) is 0 Å². The van der Waals surface area contributed by atoms with Crippen LogP contribution in [0.1, 0.15) is 34.1 Å². The zero-order chi connectivity index (χ0) is 8.36. The van der Waals surface area contributed by atoms with E-state index in [4.69, 9.17) is 0 Å². The Hall–Kier alpha value is -0.0800. The van der Waals surface area contributed by atoms with Gasteiger partial charge in [0.2, 0.25) is 0 Å². The first-order valence-corrected chi connectivity index (χ1v) is 3.83. The quantitative estimate of drug-likeness (QED) is 0.607. The van der Waals surface area contributed by atoms with Crippen molar-refractivity contribution in [2.45, 2.75) is 45.9 Å². The molecule has 62 valence electrons. The molecule has 0 aromatic rings. The molecule has 0 rings (SSSR count). The van der Waals surface area contributed by atoms with Crippen molar-refractivity contribution in [1.82, 2.24) is 4.90 Å². The van der Waals surface area contributed by atoms with E-state index in [1.165, 1.54) is 0 Å². The maximum absolute atomic E-state index is 9.21. The number of hydrogen-bond donors (Lipinski definition) is 1. The number of hydrogen-bond acceptors (Lipinski definition) is 2. The van der Waals surface area contributed by atoms with Gasteiger partial charge in [-0.15, -0.1) is 0 Å². The summed E-state index contributed by atoms with van der Waals surface area (Å²) in [5.41, 5.74) is 0.105. The molecule has 0 spiro atoms. The van der Waals surface area contributed by atoms with Gasteiger partial charge < -0.3 is 5.11 Å². The summed E-state index contributed by atoms with van der Waals surface area (Å²) in [6.45, 7) is 8.16. The molecule has 1 atom stereocenters. The Morgan fingerprint density at radius 1 is 1.50 bits per heavy atom. The van der Waals surface area contributed by atoms with E-state index in [1.54, 1.807) is 6.92 Å². The first-order valence-electron chi connectivity index (χ1n) is 3.83. The van der Waals surface area contributed by atoms with Crippen LogP contribution in [0.25, 0.3) is 0 Å². The monoisotopic (exact) mass is 145 g/mol. The molecule has 0 bridgehead atoms. The molecular weight excluding hydrogens is 126 g/mol. The number of rotatable bonds is 3. The third-order valence-electron chi connectivity index (χ3n) is 2.38. The second-order valence-corrected chi connectivity index (χ2v) is 3.41.